The number of hydrogen-bond acceptors (Lipinski definition) is 25. The van der Waals surface area contributed by atoms with Gasteiger partial charge in [0.1, 0.15) is 49.4 Å². The van der Waals surface area contributed by atoms with Crippen molar-refractivity contribution in [3.8, 4) is 32.1 Å². The van der Waals surface area contributed by atoms with Gasteiger partial charge in [0.15, 0.2) is 17.3 Å². The molecule has 5 aliphatic rings. The molecule has 0 saturated carbocycles. The molecule has 0 unspecified atom stereocenters. The number of nitrogens with zero attached hydrogens (tertiary/aromatic N) is 15. The van der Waals surface area contributed by atoms with Crippen LogP contribution in [0.25, 0.3) is 32.1 Å². The van der Waals surface area contributed by atoms with Crippen LogP contribution in [0.3, 0.4) is 0 Å². The minimum Gasteiger partial charge on any atom is -0.455 e. The lowest BCUT2D eigenvalue weighted by atomic mass is 10.1. The van der Waals surface area contributed by atoms with Gasteiger partial charge >= 0.3 is 0 Å². The van der Waals surface area contributed by atoms with Gasteiger partial charge in [0.25, 0.3) is 17.7 Å². The van der Waals surface area contributed by atoms with Gasteiger partial charge in [0, 0.05) is 124 Å². The predicted molar refractivity (Wildman–Crippen MR) is 330 cm³/mol. The second-order valence-electron chi connectivity index (χ2n) is 19.8. The molecule has 3 N–H and O–H groups in total. The van der Waals surface area contributed by atoms with Crippen molar-refractivity contribution in [2.24, 2.45) is 30.6 Å². The molecule has 9 aromatic rings. The number of anilines is 3. The molecular formula is C57H56N18O10S3. The second-order valence-corrected chi connectivity index (χ2v) is 22.5. The number of hydrogen-bond donors (Lipinski definition) is 3. The minimum absolute atomic E-state index is 0.140. The van der Waals surface area contributed by atoms with Crippen molar-refractivity contribution >= 4 is 106 Å². The van der Waals surface area contributed by atoms with Crippen molar-refractivity contribution in [2.45, 2.75) is 62.1 Å². The zero-order chi connectivity index (χ0) is 60.0. The Morgan fingerprint density at radius 1 is 0.500 bits per heavy atom. The Kier molecular flexibility index (Phi) is 19.1. The lowest BCUT2D eigenvalue weighted by molar-refractivity contribution is 0.0654. The van der Waals surface area contributed by atoms with Crippen LogP contribution >= 0.6 is 34.0 Å². The van der Waals surface area contributed by atoms with Gasteiger partial charge in [-0.1, -0.05) is 0 Å². The Balaban J connectivity index is 0.000000129. The highest BCUT2D eigenvalue weighted by atomic mass is 32.1. The van der Waals surface area contributed by atoms with Crippen LogP contribution in [0.1, 0.15) is 104 Å². The molecule has 2 saturated heterocycles. The molecule has 14 rings (SSSR count). The van der Waals surface area contributed by atoms with Gasteiger partial charge in [-0.05, 0) is 62.1 Å². The van der Waals surface area contributed by atoms with Crippen LogP contribution in [0.2, 0.25) is 0 Å². The molecule has 0 bridgehead atoms. The number of methoxy groups -OCH3 is 1. The van der Waals surface area contributed by atoms with Crippen LogP contribution in [-0.2, 0) is 25.5 Å². The monoisotopic (exact) mass is 1250 g/mol. The van der Waals surface area contributed by atoms with E-state index < -0.39 is 0 Å². The van der Waals surface area contributed by atoms with Crippen LogP contribution in [0.5, 0.6) is 0 Å². The minimum atomic E-state index is -0.373. The van der Waals surface area contributed by atoms with Crippen molar-refractivity contribution in [3.05, 3.63) is 124 Å². The summed E-state index contributed by atoms with van der Waals surface area (Å²) < 4.78 is 44.0. The van der Waals surface area contributed by atoms with Gasteiger partial charge in [0.05, 0.1) is 73.3 Å². The fraction of sp³-hybridized carbons (Fsp3) is 0.316. The highest BCUT2D eigenvalue weighted by Crippen LogP contribution is 2.35. The van der Waals surface area contributed by atoms with E-state index in [-0.39, 0.29) is 64.8 Å². The third-order valence-corrected chi connectivity index (χ3v) is 16.3. The number of carbonyl (C=O) groups excluding carboxylic acids is 3. The van der Waals surface area contributed by atoms with Crippen molar-refractivity contribution in [2.75, 3.05) is 69.3 Å². The molecule has 0 aromatic carbocycles. The third-order valence-electron chi connectivity index (χ3n) is 14.0. The smallest absolute Gasteiger partial charge is 0.291 e. The normalized spacial score (nSPS) is 15.9. The maximum atomic E-state index is 12.8. The topological polar surface area (TPSA) is 330 Å². The van der Waals surface area contributed by atoms with Crippen LogP contribution < -0.4 is 16.0 Å². The van der Waals surface area contributed by atoms with E-state index in [1.165, 1.54) is 34.0 Å². The number of nitrogens with one attached hydrogen (secondary N) is 3. The maximum absolute atomic E-state index is 12.8. The molecule has 3 amide bonds. The fourth-order valence-corrected chi connectivity index (χ4v) is 11.4. The summed E-state index contributed by atoms with van der Waals surface area (Å²) in [5, 5.41) is 53.4. The summed E-state index contributed by atoms with van der Waals surface area (Å²) in [7, 11) is 1.63. The molecule has 0 atom stereocenters. The standard InChI is InChI=1S/C19H20N6O4S.2C19H18N6O3S/c1-27-7-8-28-6-5-25-12-14(17(24-25)19-20-4-9-30-19)23-18(26)16-3-2-15(29-16)13-10-21-22-11-13;2*26-18(16-2-1-15(28-16)12-9-21-22-10-12)23-14-11-25(13-3-6-27-7-4-13)24-17(14)19-20-5-8-29-19/h2-4,9-13H,5-8H2,1H3,(H,23,26);2*1-2,5,8-13H,3-4,6-7H2,(H,23,26). The molecule has 0 radical (unpaired) electrons. The van der Waals surface area contributed by atoms with Crippen LogP contribution in [-0.4, -0.2) is 153 Å². The van der Waals surface area contributed by atoms with E-state index in [0.29, 0.717) is 109 Å². The van der Waals surface area contributed by atoms with E-state index in [1.807, 2.05) is 37.9 Å². The molecule has 5 aliphatic heterocycles. The zero-order valence-corrected chi connectivity index (χ0v) is 49.5. The number of rotatable bonds is 20. The molecule has 2 fully saturated rings. The largest absolute Gasteiger partial charge is 0.455 e. The van der Waals surface area contributed by atoms with Crippen molar-refractivity contribution in [1.29, 1.82) is 0 Å². The number of carbonyl (C=O) groups is 3. The van der Waals surface area contributed by atoms with Gasteiger partial charge in [-0.25, -0.2) is 15.0 Å². The van der Waals surface area contributed by atoms with Crippen molar-refractivity contribution in [3.63, 3.8) is 0 Å². The summed E-state index contributed by atoms with van der Waals surface area (Å²) in [6, 6.07) is 10.7. The van der Waals surface area contributed by atoms with E-state index in [0.717, 1.165) is 35.7 Å². The Hall–Kier alpha value is -9.37. The van der Waals surface area contributed by atoms with Gasteiger partial charge in [-0.2, -0.15) is 45.9 Å². The van der Waals surface area contributed by atoms with Gasteiger partial charge < -0.3 is 48.1 Å². The molecule has 9 aromatic heterocycles. The molecule has 0 aliphatic carbocycles. The maximum Gasteiger partial charge on any atom is 0.291 e. The van der Waals surface area contributed by atoms with E-state index in [9.17, 15) is 14.4 Å². The third kappa shape index (κ3) is 14.4. The lowest BCUT2D eigenvalue weighted by Gasteiger charge is -2.22. The highest BCUT2D eigenvalue weighted by Gasteiger charge is 2.27. The average Bonchev–Trinajstić information content (AvgIpc) is 3.99. The van der Waals surface area contributed by atoms with E-state index >= 15 is 0 Å². The zero-order valence-electron chi connectivity index (χ0n) is 47.0. The first kappa shape index (κ1) is 59.0. The molecule has 0 spiro atoms. The van der Waals surface area contributed by atoms with Crippen molar-refractivity contribution in [1.82, 2.24) is 44.3 Å². The quantitative estimate of drug-likeness (QED) is 0.0598. The molecule has 88 heavy (non-hydrogen) atoms. The number of furan rings is 3. The SMILES string of the molecule is COCCOCCn1cc(NC(=O)c2ccc(C3C=NN=C3)o2)c(-c2nccs2)n1.O=C(Nc1cn(C2CCOCC2)nc1-c1nccs1)c1ccc(C2C=NN=C2)o1.O=C(Nc1cn(C2CCOCC2)nc1-c1nccs1)c1ccc(C2C=NN=C2)o1. The number of ether oxygens (including phenoxy) is 4. The van der Waals surface area contributed by atoms with E-state index in [1.54, 1.807) is 110 Å². The van der Waals surface area contributed by atoms with Crippen LogP contribution in [0, 0.1) is 0 Å². The molecule has 31 heteroatoms. The molecule has 452 valence electrons. The Morgan fingerprint density at radius 2 is 0.875 bits per heavy atom. The van der Waals surface area contributed by atoms with Gasteiger partial charge in [-0.3, -0.25) is 28.4 Å². The Morgan fingerprint density at radius 3 is 1.24 bits per heavy atom. The van der Waals surface area contributed by atoms with Gasteiger partial charge in [-0.15, -0.1) is 34.0 Å². The summed E-state index contributed by atoms with van der Waals surface area (Å²) in [5.41, 5.74) is 3.67. The van der Waals surface area contributed by atoms with Crippen LogP contribution in [0.4, 0.5) is 17.1 Å². The average molecular weight is 1250 g/mol. The number of aromatic nitrogens is 9. The van der Waals surface area contributed by atoms with Gasteiger partial charge in [0.2, 0.25) is 0 Å². The molecule has 28 nitrogen and oxygen atoms in total. The number of amides is 3. The summed E-state index contributed by atoms with van der Waals surface area (Å²) in [4.78, 5) is 51.4. The summed E-state index contributed by atoms with van der Waals surface area (Å²) in [6.45, 7) is 4.89. The number of thiazole rings is 3. The fourth-order valence-electron chi connectivity index (χ4n) is 9.50. The summed E-state index contributed by atoms with van der Waals surface area (Å²) in [5.74, 6) is 0.998. The van der Waals surface area contributed by atoms with Crippen molar-refractivity contribution < 1.29 is 46.6 Å². The summed E-state index contributed by atoms with van der Waals surface area (Å²) >= 11 is 4.40. The Bertz CT molecular complexity index is 3760. The van der Waals surface area contributed by atoms with E-state index in [2.05, 4.69) is 66.6 Å². The first-order valence-electron chi connectivity index (χ1n) is 27.9. The highest BCUT2D eigenvalue weighted by molar-refractivity contribution is 7.13. The summed E-state index contributed by atoms with van der Waals surface area (Å²) in [6.07, 6.45) is 24.2. The first-order chi connectivity index (χ1) is 43.3. The first-order valence-corrected chi connectivity index (χ1v) is 30.5. The Labute approximate surface area is 512 Å². The molecule has 14 heterocycles. The van der Waals surface area contributed by atoms with Crippen LogP contribution in [0.15, 0.2) is 134 Å². The second kappa shape index (κ2) is 28.4. The lowest BCUT2D eigenvalue weighted by Crippen LogP contribution is -2.20. The predicted octanol–water partition coefficient (Wildman–Crippen LogP) is 9.38. The van der Waals surface area contributed by atoms with E-state index in [4.69, 9.17) is 42.4 Å². The molecular weight excluding hydrogens is 1190 g/mol.